The van der Waals surface area contributed by atoms with Gasteiger partial charge >= 0.3 is 0 Å². The number of hydrogen-bond donors (Lipinski definition) is 2. The highest BCUT2D eigenvalue weighted by atomic mass is 79.9. The monoisotopic (exact) mass is 348 g/mol. The van der Waals surface area contributed by atoms with Crippen molar-refractivity contribution in [1.82, 2.24) is 20.6 Å². The number of carbonyl (C=O) groups excluding carboxylic acids is 1. The molecule has 0 aliphatic rings. The van der Waals surface area contributed by atoms with Gasteiger partial charge in [-0.25, -0.2) is 0 Å². The van der Waals surface area contributed by atoms with Crippen LogP contribution in [0.25, 0.3) is 0 Å². The van der Waals surface area contributed by atoms with Crippen molar-refractivity contribution in [3.63, 3.8) is 0 Å². The number of nitrogens with zero attached hydrogens (tertiary/aromatic N) is 2. The van der Waals surface area contributed by atoms with Gasteiger partial charge in [0.1, 0.15) is 0 Å². The Balaban J connectivity index is 1.74. The van der Waals surface area contributed by atoms with Gasteiger partial charge in [0.15, 0.2) is 0 Å². The van der Waals surface area contributed by atoms with Crippen LogP contribution in [-0.4, -0.2) is 29.0 Å². The first-order chi connectivity index (χ1) is 10.2. The first-order valence-corrected chi connectivity index (χ1v) is 7.49. The molecule has 5 nitrogen and oxygen atoms in total. The fourth-order valence-corrected chi connectivity index (χ4v) is 2.23. The molecule has 1 aromatic heterocycles. The molecule has 21 heavy (non-hydrogen) atoms. The first-order valence-electron chi connectivity index (χ1n) is 6.70. The maximum atomic E-state index is 11.9. The SMILES string of the molecule is C[C@H](NCCNC(=O)c1cccc(Br)c1)c1cnccn1. The highest BCUT2D eigenvalue weighted by molar-refractivity contribution is 9.10. The van der Waals surface area contributed by atoms with Gasteiger partial charge in [-0.1, -0.05) is 22.0 Å². The Morgan fingerprint density at radius 2 is 2.19 bits per heavy atom. The van der Waals surface area contributed by atoms with E-state index in [2.05, 4.69) is 36.5 Å². The van der Waals surface area contributed by atoms with E-state index in [0.717, 1.165) is 10.2 Å². The second kappa shape index (κ2) is 7.85. The molecule has 110 valence electrons. The lowest BCUT2D eigenvalue weighted by molar-refractivity contribution is 0.0953. The molecule has 2 rings (SSSR count). The van der Waals surface area contributed by atoms with E-state index in [1.165, 1.54) is 0 Å². The molecular formula is C15H17BrN4O. The topological polar surface area (TPSA) is 66.9 Å². The Labute approximate surface area is 132 Å². The quantitative estimate of drug-likeness (QED) is 0.786. The van der Waals surface area contributed by atoms with Gasteiger partial charge in [-0.15, -0.1) is 0 Å². The Morgan fingerprint density at radius 3 is 2.90 bits per heavy atom. The molecule has 0 saturated carbocycles. The van der Waals surface area contributed by atoms with Gasteiger partial charge in [0, 0.05) is 47.8 Å². The van der Waals surface area contributed by atoms with Crippen molar-refractivity contribution in [2.45, 2.75) is 13.0 Å². The van der Waals surface area contributed by atoms with Gasteiger partial charge < -0.3 is 10.6 Å². The Hall–Kier alpha value is -1.79. The smallest absolute Gasteiger partial charge is 0.251 e. The fourth-order valence-electron chi connectivity index (χ4n) is 1.84. The lowest BCUT2D eigenvalue weighted by Gasteiger charge is -2.13. The molecule has 2 N–H and O–H groups in total. The summed E-state index contributed by atoms with van der Waals surface area (Å²) in [5, 5.41) is 6.17. The average molecular weight is 349 g/mol. The van der Waals surface area contributed by atoms with E-state index in [-0.39, 0.29) is 11.9 Å². The number of nitrogens with one attached hydrogen (secondary N) is 2. The van der Waals surface area contributed by atoms with Crippen LogP contribution in [-0.2, 0) is 0 Å². The number of benzene rings is 1. The third kappa shape index (κ3) is 4.91. The van der Waals surface area contributed by atoms with Crippen LogP contribution in [0.3, 0.4) is 0 Å². The molecule has 1 heterocycles. The number of carbonyl (C=O) groups is 1. The molecule has 0 spiro atoms. The summed E-state index contributed by atoms with van der Waals surface area (Å²) >= 11 is 3.35. The molecule has 1 amide bonds. The maximum absolute atomic E-state index is 11.9. The predicted octanol–water partition coefficient (Wildman–Crippen LogP) is 2.32. The van der Waals surface area contributed by atoms with E-state index in [1.54, 1.807) is 30.7 Å². The minimum Gasteiger partial charge on any atom is -0.351 e. The molecule has 0 unspecified atom stereocenters. The summed E-state index contributed by atoms with van der Waals surface area (Å²) in [6, 6.07) is 7.41. The molecule has 0 aliphatic heterocycles. The minimum atomic E-state index is -0.0785. The predicted molar refractivity (Wildman–Crippen MR) is 84.9 cm³/mol. The summed E-state index contributed by atoms with van der Waals surface area (Å²) in [5.41, 5.74) is 1.53. The summed E-state index contributed by atoms with van der Waals surface area (Å²) in [5.74, 6) is -0.0785. The van der Waals surface area contributed by atoms with Crippen LogP contribution >= 0.6 is 15.9 Å². The highest BCUT2D eigenvalue weighted by Crippen LogP contribution is 2.11. The summed E-state index contributed by atoms with van der Waals surface area (Å²) in [7, 11) is 0. The number of aromatic nitrogens is 2. The van der Waals surface area contributed by atoms with E-state index < -0.39 is 0 Å². The second-order valence-electron chi connectivity index (χ2n) is 4.57. The lowest BCUT2D eigenvalue weighted by Crippen LogP contribution is -2.33. The fraction of sp³-hybridized carbons (Fsp3) is 0.267. The molecule has 0 fully saturated rings. The standard InChI is InChI=1S/C15H17BrN4O/c1-11(14-10-17-5-6-19-14)18-7-8-20-15(21)12-3-2-4-13(16)9-12/h2-6,9-11,18H,7-8H2,1H3,(H,20,21)/t11-/m0/s1. The van der Waals surface area contributed by atoms with Gasteiger partial charge in [-0.2, -0.15) is 0 Å². The van der Waals surface area contributed by atoms with Gasteiger partial charge in [-0.3, -0.25) is 14.8 Å². The van der Waals surface area contributed by atoms with E-state index in [9.17, 15) is 4.79 Å². The van der Waals surface area contributed by atoms with Crippen LogP contribution in [0.4, 0.5) is 0 Å². The molecule has 2 aromatic rings. The average Bonchev–Trinajstić information content (AvgIpc) is 2.52. The Kier molecular flexibility index (Phi) is 5.83. The van der Waals surface area contributed by atoms with Crippen LogP contribution in [0.1, 0.15) is 29.0 Å². The Bertz CT molecular complexity index is 591. The van der Waals surface area contributed by atoms with E-state index in [1.807, 2.05) is 19.1 Å². The minimum absolute atomic E-state index is 0.0785. The van der Waals surface area contributed by atoms with E-state index in [0.29, 0.717) is 18.7 Å². The first kappa shape index (κ1) is 15.6. The van der Waals surface area contributed by atoms with E-state index >= 15 is 0 Å². The van der Waals surface area contributed by atoms with Crippen molar-refractivity contribution in [2.75, 3.05) is 13.1 Å². The third-order valence-electron chi connectivity index (χ3n) is 2.97. The van der Waals surface area contributed by atoms with Crippen molar-refractivity contribution in [3.05, 3.63) is 58.6 Å². The van der Waals surface area contributed by atoms with Crippen LogP contribution in [0.5, 0.6) is 0 Å². The molecule has 1 aromatic carbocycles. The third-order valence-corrected chi connectivity index (χ3v) is 3.47. The molecule has 0 saturated heterocycles. The molecule has 6 heteroatoms. The summed E-state index contributed by atoms with van der Waals surface area (Å²) in [6.45, 7) is 3.23. The summed E-state index contributed by atoms with van der Waals surface area (Å²) < 4.78 is 0.893. The Morgan fingerprint density at radius 1 is 1.33 bits per heavy atom. The molecule has 1 atom stereocenters. The normalized spacial score (nSPS) is 11.9. The molecule has 0 bridgehead atoms. The van der Waals surface area contributed by atoms with Crippen molar-refractivity contribution < 1.29 is 4.79 Å². The molecule has 0 radical (unpaired) electrons. The zero-order chi connectivity index (χ0) is 15.1. The number of rotatable bonds is 6. The zero-order valence-electron chi connectivity index (χ0n) is 11.7. The zero-order valence-corrected chi connectivity index (χ0v) is 13.3. The maximum Gasteiger partial charge on any atom is 0.251 e. The summed E-state index contributed by atoms with van der Waals surface area (Å²) in [4.78, 5) is 20.2. The van der Waals surface area contributed by atoms with Crippen LogP contribution < -0.4 is 10.6 Å². The molecule has 0 aliphatic carbocycles. The number of hydrogen-bond acceptors (Lipinski definition) is 4. The lowest BCUT2D eigenvalue weighted by atomic mass is 10.2. The van der Waals surface area contributed by atoms with Crippen molar-refractivity contribution in [1.29, 1.82) is 0 Å². The van der Waals surface area contributed by atoms with Crippen molar-refractivity contribution >= 4 is 21.8 Å². The van der Waals surface area contributed by atoms with Crippen LogP contribution in [0.2, 0.25) is 0 Å². The molecular weight excluding hydrogens is 332 g/mol. The van der Waals surface area contributed by atoms with E-state index in [4.69, 9.17) is 0 Å². The number of halogens is 1. The van der Waals surface area contributed by atoms with Crippen molar-refractivity contribution in [2.24, 2.45) is 0 Å². The summed E-state index contributed by atoms with van der Waals surface area (Å²) in [6.07, 6.45) is 5.05. The highest BCUT2D eigenvalue weighted by Gasteiger charge is 2.07. The van der Waals surface area contributed by atoms with Crippen LogP contribution in [0.15, 0.2) is 47.3 Å². The largest absolute Gasteiger partial charge is 0.351 e. The van der Waals surface area contributed by atoms with Crippen molar-refractivity contribution in [3.8, 4) is 0 Å². The van der Waals surface area contributed by atoms with Gasteiger partial charge in [0.25, 0.3) is 5.91 Å². The van der Waals surface area contributed by atoms with Gasteiger partial charge in [0.2, 0.25) is 0 Å². The second-order valence-corrected chi connectivity index (χ2v) is 5.49. The van der Waals surface area contributed by atoms with Gasteiger partial charge in [0.05, 0.1) is 5.69 Å². The van der Waals surface area contributed by atoms with Crippen LogP contribution in [0, 0.1) is 0 Å². The van der Waals surface area contributed by atoms with Gasteiger partial charge in [-0.05, 0) is 25.1 Å². The number of amides is 1.